The van der Waals surface area contributed by atoms with E-state index >= 15 is 0 Å². The third-order valence-electron chi connectivity index (χ3n) is 3.29. The van der Waals surface area contributed by atoms with Gasteiger partial charge in [-0.3, -0.25) is 14.9 Å². The molecule has 25 heavy (non-hydrogen) atoms. The number of amides is 2. The van der Waals surface area contributed by atoms with E-state index in [9.17, 15) is 14.0 Å². The maximum Gasteiger partial charge on any atom is 0.260 e. The number of carbonyl (C=O) groups is 2. The Morgan fingerprint density at radius 3 is 2.36 bits per heavy atom. The first-order valence-electron chi connectivity index (χ1n) is 7.76. The minimum atomic E-state index is -0.633. The van der Waals surface area contributed by atoms with Crippen LogP contribution in [-0.4, -0.2) is 23.5 Å². The lowest BCUT2D eigenvalue weighted by molar-refractivity contribution is 0.0950. The Labute approximate surface area is 150 Å². The van der Waals surface area contributed by atoms with Crippen molar-refractivity contribution >= 4 is 34.8 Å². The molecule has 2 aromatic carbocycles. The molecule has 2 amide bonds. The molecule has 0 atom stereocenters. The number of benzene rings is 2. The van der Waals surface area contributed by atoms with Crippen molar-refractivity contribution in [3.05, 3.63) is 65.5 Å². The SMILES string of the molecule is CCCNC(=O)c1ccc(NC(=S)NC(=O)c2ccccc2F)cc1. The van der Waals surface area contributed by atoms with Crippen LogP contribution in [0.5, 0.6) is 0 Å². The molecule has 2 aromatic rings. The molecule has 0 radical (unpaired) electrons. The van der Waals surface area contributed by atoms with Gasteiger partial charge in [-0.2, -0.15) is 0 Å². The summed E-state index contributed by atoms with van der Waals surface area (Å²) in [7, 11) is 0. The molecule has 2 rings (SSSR count). The highest BCUT2D eigenvalue weighted by Gasteiger charge is 2.12. The summed E-state index contributed by atoms with van der Waals surface area (Å²) in [6.07, 6.45) is 0.862. The van der Waals surface area contributed by atoms with Crippen molar-refractivity contribution in [2.24, 2.45) is 0 Å². The smallest absolute Gasteiger partial charge is 0.260 e. The zero-order valence-electron chi connectivity index (χ0n) is 13.6. The molecule has 7 heteroatoms. The number of thiocarbonyl (C=S) groups is 1. The molecular formula is C18H18FN3O2S. The van der Waals surface area contributed by atoms with Gasteiger partial charge >= 0.3 is 0 Å². The lowest BCUT2D eigenvalue weighted by Crippen LogP contribution is -2.34. The first-order chi connectivity index (χ1) is 12.0. The largest absolute Gasteiger partial charge is 0.352 e. The Balaban J connectivity index is 1.93. The number of anilines is 1. The van der Waals surface area contributed by atoms with Gasteiger partial charge in [-0.05, 0) is 55.0 Å². The van der Waals surface area contributed by atoms with Crippen LogP contribution in [0.4, 0.5) is 10.1 Å². The Bertz CT molecular complexity index is 778. The number of nitrogens with one attached hydrogen (secondary N) is 3. The highest BCUT2D eigenvalue weighted by atomic mass is 32.1. The van der Waals surface area contributed by atoms with Crippen LogP contribution in [0, 0.1) is 5.82 Å². The summed E-state index contributed by atoms with van der Waals surface area (Å²) >= 11 is 5.05. The van der Waals surface area contributed by atoms with Crippen LogP contribution in [0.2, 0.25) is 0 Å². The van der Waals surface area contributed by atoms with E-state index in [1.807, 2.05) is 6.92 Å². The molecule has 3 N–H and O–H groups in total. The van der Waals surface area contributed by atoms with Gasteiger partial charge in [0.1, 0.15) is 5.82 Å². The minimum Gasteiger partial charge on any atom is -0.352 e. The van der Waals surface area contributed by atoms with E-state index in [0.717, 1.165) is 6.42 Å². The first-order valence-corrected chi connectivity index (χ1v) is 8.17. The second-order valence-electron chi connectivity index (χ2n) is 5.22. The van der Waals surface area contributed by atoms with Crippen LogP contribution in [0.25, 0.3) is 0 Å². The van der Waals surface area contributed by atoms with Crippen molar-refractivity contribution < 1.29 is 14.0 Å². The van der Waals surface area contributed by atoms with Crippen LogP contribution in [0.15, 0.2) is 48.5 Å². The molecule has 0 bridgehead atoms. The van der Waals surface area contributed by atoms with E-state index < -0.39 is 11.7 Å². The second kappa shape index (κ2) is 8.89. The number of hydrogen-bond donors (Lipinski definition) is 3. The van der Waals surface area contributed by atoms with Crippen LogP contribution in [-0.2, 0) is 0 Å². The van der Waals surface area contributed by atoms with Gasteiger partial charge in [0.2, 0.25) is 0 Å². The van der Waals surface area contributed by atoms with Crippen LogP contribution in [0.3, 0.4) is 0 Å². The predicted molar refractivity (Wildman–Crippen MR) is 99.2 cm³/mol. The summed E-state index contributed by atoms with van der Waals surface area (Å²) in [6.45, 7) is 2.59. The molecule has 130 valence electrons. The van der Waals surface area contributed by atoms with Crippen molar-refractivity contribution in [2.75, 3.05) is 11.9 Å². The number of hydrogen-bond acceptors (Lipinski definition) is 3. The Hall–Kier alpha value is -2.80. The Kier molecular flexibility index (Phi) is 6.59. The molecule has 0 aliphatic carbocycles. The van der Waals surface area contributed by atoms with E-state index in [0.29, 0.717) is 17.8 Å². The average molecular weight is 359 g/mol. The fraction of sp³-hybridized carbons (Fsp3) is 0.167. The quantitative estimate of drug-likeness (QED) is 0.718. The molecule has 0 spiro atoms. The lowest BCUT2D eigenvalue weighted by Gasteiger charge is -2.10. The van der Waals surface area contributed by atoms with E-state index in [1.165, 1.54) is 18.2 Å². The normalized spacial score (nSPS) is 10.0. The Morgan fingerprint density at radius 1 is 1.04 bits per heavy atom. The summed E-state index contributed by atoms with van der Waals surface area (Å²) < 4.78 is 13.6. The zero-order chi connectivity index (χ0) is 18.2. The summed E-state index contributed by atoms with van der Waals surface area (Å²) in [5.41, 5.74) is 1.04. The van der Waals surface area contributed by atoms with Gasteiger partial charge in [0.05, 0.1) is 5.56 Å². The second-order valence-corrected chi connectivity index (χ2v) is 5.63. The van der Waals surface area contributed by atoms with Crippen molar-refractivity contribution in [3.8, 4) is 0 Å². The third kappa shape index (κ3) is 5.36. The van der Waals surface area contributed by atoms with Gasteiger partial charge in [0.15, 0.2) is 5.11 Å². The van der Waals surface area contributed by atoms with Gasteiger partial charge < -0.3 is 10.6 Å². The summed E-state index contributed by atoms with van der Waals surface area (Å²) in [5.74, 6) is -1.40. The first kappa shape index (κ1) is 18.5. The fourth-order valence-electron chi connectivity index (χ4n) is 2.02. The molecular weight excluding hydrogens is 341 g/mol. The van der Waals surface area contributed by atoms with Gasteiger partial charge in [-0.25, -0.2) is 4.39 Å². The molecule has 0 heterocycles. The van der Waals surface area contributed by atoms with Crippen molar-refractivity contribution in [1.29, 1.82) is 0 Å². The highest BCUT2D eigenvalue weighted by Crippen LogP contribution is 2.10. The number of carbonyl (C=O) groups excluding carboxylic acids is 2. The maximum atomic E-state index is 13.6. The molecule has 0 aromatic heterocycles. The number of rotatable bonds is 5. The monoisotopic (exact) mass is 359 g/mol. The minimum absolute atomic E-state index is 0.0384. The average Bonchev–Trinajstić information content (AvgIpc) is 2.60. The standard InChI is InChI=1S/C18H18FN3O2S/c1-2-11-20-16(23)12-7-9-13(10-8-12)21-18(25)22-17(24)14-5-3-4-6-15(14)19/h3-10H,2,11H2,1H3,(H,20,23)(H2,21,22,24,25). The topological polar surface area (TPSA) is 70.2 Å². The van der Waals surface area contributed by atoms with Crippen molar-refractivity contribution in [3.63, 3.8) is 0 Å². The third-order valence-corrected chi connectivity index (χ3v) is 3.49. The van der Waals surface area contributed by atoms with E-state index in [2.05, 4.69) is 16.0 Å². The Morgan fingerprint density at radius 2 is 1.72 bits per heavy atom. The fourth-order valence-corrected chi connectivity index (χ4v) is 2.23. The van der Waals surface area contributed by atoms with Crippen LogP contribution < -0.4 is 16.0 Å². The van der Waals surface area contributed by atoms with Gasteiger partial charge in [-0.15, -0.1) is 0 Å². The maximum absolute atomic E-state index is 13.6. The van der Waals surface area contributed by atoms with E-state index in [1.54, 1.807) is 30.3 Å². The molecule has 0 aliphatic heterocycles. The van der Waals surface area contributed by atoms with E-state index in [-0.39, 0.29) is 16.6 Å². The molecule has 0 fully saturated rings. The summed E-state index contributed by atoms with van der Waals surface area (Å²) in [6, 6.07) is 12.3. The number of halogens is 1. The predicted octanol–water partition coefficient (Wildman–Crippen LogP) is 3.09. The molecule has 5 nitrogen and oxygen atoms in total. The molecule has 0 aliphatic rings. The van der Waals surface area contributed by atoms with Crippen molar-refractivity contribution in [1.82, 2.24) is 10.6 Å². The molecule has 0 saturated carbocycles. The van der Waals surface area contributed by atoms with Gasteiger partial charge in [-0.1, -0.05) is 19.1 Å². The van der Waals surface area contributed by atoms with Gasteiger partial charge in [0, 0.05) is 17.8 Å². The lowest BCUT2D eigenvalue weighted by atomic mass is 10.2. The summed E-state index contributed by atoms with van der Waals surface area (Å²) in [4.78, 5) is 23.8. The highest BCUT2D eigenvalue weighted by molar-refractivity contribution is 7.80. The van der Waals surface area contributed by atoms with E-state index in [4.69, 9.17) is 12.2 Å². The summed E-state index contributed by atoms with van der Waals surface area (Å²) in [5, 5.41) is 8.05. The van der Waals surface area contributed by atoms with Crippen molar-refractivity contribution in [2.45, 2.75) is 13.3 Å². The van der Waals surface area contributed by atoms with Crippen LogP contribution in [0.1, 0.15) is 34.1 Å². The zero-order valence-corrected chi connectivity index (χ0v) is 14.5. The van der Waals surface area contributed by atoms with Crippen LogP contribution >= 0.6 is 12.2 Å². The molecule has 0 unspecified atom stereocenters. The van der Waals surface area contributed by atoms with Gasteiger partial charge in [0.25, 0.3) is 11.8 Å². The molecule has 0 saturated heterocycles.